The van der Waals surface area contributed by atoms with Gasteiger partial charge in [0.1, 0.15) is 11.9 Å². The van der Waals surface area contributed by atoms with Gasteiger partial charge in [-0.25, -0.2) is 4.39 Å². The van der Waals surface area contributed by atoms with Crippen LogP contribution in [0, 0.1) is 17.1 Å². The van der Waals surface area contributed by atoms with E-state index in [0.29, 0.717) is 12.1 Å². The van der Waals surface area contributed by atoms with Crippen LogP contribution in [-0.2, 0) is 6.54 Å². The Morgan fingerprint density at radius 3 is 2.72 bits per heavy atom. The molecule has 2 aromatic rings. The largest absolute Gasteiger partial charge is 0.381 e. The molecule has 0 spiro atoms. The summed E-state index contributed by atoms with van der Waals surface area (Å²) in [5, 5.41) is 11.9. The molecule has 4 heteroatoms. The van der Waals surface area contributed by atoms with Crippen LogP contribution in [0.3, 0.4) is 0 Å². The molecule has 0 radical (unpaired) electrons. The molecule has 2 aromatic carbocycles. The van der Waals surface area contributed by atoms with Crippen LogP contribution in [0.2, 0.25) is 0 Å². The lowest BCUT2D eigenvalue weighted by Gasteiger charge is -2.08. The summed E-state index contributed by atoms with van der Waals surface area (Å²) in [6.07, 6.45) is 0. The fourth-order valence-corrected chi connectivity index (χ4v) is 2.00. The zero-order chi connectivity index (χ0) is 13.0. The monoisotopic (exact) mass is 304 g/mol. The third-order valence-electron chi connectivity index (χ3n) is 2.51. The van der Waals surface area contributed by atoms with Gasteiger partial charge in [-0.1, -0.05) is 34.1 Å². The van der Waals surface area contributed by atoms with E-state index in [1.807, 2.05) is 30.3 Å². The lowest BCUT2D eigenvalue weighted by molar-refractivity contribution is 0.609. The molecule has 0 aliphatic carbocycles. The van der Waals surface area contributed by atoms with Crippen LogP contribution in [0.25, 0.3) is 0 Å². The number of rotatable bonds is 3. The van der Waals surface area contributed by atoms with E-state index in [1.165, 1.54) is 6.07 Å². The maximum atomic E-state index is 13.8. The van der Waals surface area contributed by atoms with Gasteiger partial charge >= 0.3 is 0 Å². The lowest BCUT2D eigenvalue weighted by Crippen LogP contribution is -2.02. The first-order chi connectivity index (χ1) is 8.70. The molecular weight excluding hydrogens is 295 g/mol. The van der Waals surface area contributed by atoms with E-state index in [4.69, 9.17) is 5.26 Å². The van der Waals surface area contributed by atoms with E-state index in [1.54, 1.807) is 12.1 Å². The SMILES string of the molecule is N#Cc1cccc(CNc2cccc(Br)c2)c1F. The summed E-state index contributed by atoms with van der Waals surface area (Å²) in [5.41, 5.74) is 1.45. The summed E-state index contributed by atoms with van der Waals surface area (Å²) in [7, 11) is 0. The Labute approximate surface area is 113 Å². The second-order valence-corrected chi connectivity index (χ2v) is 4.67. The molecule has 0 atom stereocenters. The minimum Gasteiger partial charge on any atom is -0.381 e. The number of nitriles is 1. The highest BCUT2D eigenvalue weighted by Crippen LogP contribution is 2.18. The Hall–Kier alpha value is -1.86. The summed E-state index contributed by atoms with van der Waals surface area (Å²) in [4.78, 5) is 0. The van der Waals surface area contributed by atoms with Crippen molar-refractivity contribution < 1.29 is 4.39 Å². The standard InChI is InChI=1S/C14H10BrFN2/c15-12-5-2-6-13(7-12)18-9-11-4-1-3-10(8-17)14(11)16/h1-7,18H,9H2. The van der Waals surface area contributed by atoms with Crippen LogP contribution in [-0.4, -0.2) is 0 Å². The summed E-state index contributed by atoms with van der Waals surface area (Å²) in [6.45, 7) is 0.345. The zero-order valence-electron chi connectivity index (χ0n) is 9.45. The Kier molecular flexibility index (Phi) is 3.96. The molecule has 2 rings (SSSR count). The van der Waals surface area contributed by atoms with Crippen LogP contribution in [0.4, 0.5) is 10.1 Å². The highest BCUT2D eigenvalue weighted by atomic mass is 79.9. The molecule has 0 fully saturated rings. The predicted molar refractivity (Wildman–Crippen MR) is 72.6 cm³/mol. The van der Waals surface area contributed by atoms with Gasteiger partial charge in [-0.3, -0.25) is 0 Å². The van der Waals surface area contributed by atoms with E-state index < -0.39 is 5.82 Å². The van der Waals surface area contributed by atoms with Gasteiger partial charge in [0.05, 0.1) is 5.56 Å². The van der Waals surface area contributed by atoms with Gasteiger partial charge in [0.15, 0.2) is 0 Å². The minimum atomic E-state index is -0.456. The van der Waals surface area contributed by atoms with Gasteiger partial charge in [0, 0.05) is 22.3 Å². The van der Waals surface area contributed by atoms with Crippen molar-refractivity contribution in [3.63, 3.8) is 0 Å². The number of nitrogens with zero attached hydrogens (tertiary/aromatic N) is 1. The highest BCUT2D eigenvalue weighted by Gasteiger charge is 2.06. The van der Waals surface area contributed by atoms with E-state index in [0.717, 1.165) is 10.2 Å². The Balaban J connectivity index is 2.14. The summed E-state index contributed by atoms with van der Waals surface area (Å²) in [6, 6.07) is 14.3. The first kappa shape index (κ1) is 12.6. The second-order valence-electron chi connectivity index (χ2n) is 3.75. The first-order valence-corrected chi connectivity index (χ1v) is 6.17. The van der Waals surface area contributed by atoms with Crippen LogP contribution in [0.5, 0.6) is 0 Å². The maximum absolute atomic E-state index is 13.8. The zero-order valence-corrected chi connectivity index (χ0v) is 11.0. The number of hydrogen-bond donors (Lipinski definition) is 1. The number of anilines is 1. The first-order valence-electron chi connectivity index (χ1n) is 5.37. The predicted octanol–water partition coefficient (Wildman–Crippen LogP) is 4.07. The fourth-order valence-electron chi connectivity index (χ4n) is 1.60. The van der Waals surface area contributed by atoms with E-state index in [2.05, 4.69) is 21.2 Å². The van der Waals surface area contributed by atoms with Crippen LogP contribution in [0.1, 0.15) is 11.1 Å². The summed E-state index contributed by atoms with van der Waals surface area (Å²) >= 11 is 3.37. The minimum absolute atomic E-state index is 0.0727. The molecule has 1 N–H and O–H groups in total. The third kappa shape index (κ3) is 2.88. The molecule has 0 heterocycles. The number of hydrogen-bond acceptors (Lipinski definition) is 2. The molecule has 2 nitrogen and oxygen atoms in total. The third-order valence-corrected chi connectivity index (χ3v) is 3.00. The second kappa shape index (κ2) is 5.65. The normalized spacial score (nSPS) is 9.83. The molecule has 0 unspecified atom stereocenters. The topological polar surface area (TPSA) is 35.8 Å². The summed E-state index contributed by atoms with van der Waals surface area (Å²) in [5.74, 6) is -0.456. The summed E-state index contributed by atoms with van der Waals surface area (Å²) < 4.78 is 14.7. The van der Waals surface area contributed by atoms with Gasteiger partial charge in [0.2, 0.25) is 0 Å². The van der Waals surface area contributed by atoms with E-state index in [9.17, 15) is 4.39 Å². The fraction of sp³-hybridized carbons (Fsp3) is 0.0714. The van der Waals surface area contributed by atoms with Gasteiger partial charge in [-0.05, 0) is 24.3 Å². The van der Waals surface area contributed by atoms with Crippen molar-refractivity contribution in [2.24, 2.45) is 0 Å². The molecular formula is C14H10BrFN2. The van der Waals surface area contributed by atoms with Crippen molar-refractivity contribution in [1.29, 1.82) is 5.26 Å². The van der Waals surface area contributed by atoms with Crippen LogP contribution < -0.4 is 5.32 Å². The lowest BCUT2D eigenvalue weighted by atomic mass is 10.1. The number of halogens is 2. The molecule has 0 aliphatic heterocycles. The Bertz CT molecular complexity index is 605. The Morgan fingerprint density at radius 2 is 2.00 bits per heavy atom. The van der Waals surface area contributed by atoms with Gasteiger partial charge in [-0.2, -0.15) is 5.26 Å². The smallest absolute Gasteiger partial charge is 0.145 e. The molecule has 18 heavy (non-hydrogen) atoms. The van der Waals surface area contributed by atoms with Crippen molar-refractivity contribution in [1.82, 2.24) is 0 Å². The average molecular weight is 305 g/mol. The average Bonchev–Trinajstić information content (AvgIpc) is 2.38. The molecule has 0 aliphatic rings. The molecule has 0 aromatic heterocycles. The maximum Gasteiger partial charge on any atom is 0.145 e. The molecule has 90 valence electrons. The van der Waals surface area contributed by atoms with E-state index >= 15 is 0 Å². The van der Waals surface area contributed by atoms with Gasteiger partial charge in [-0.15, -0.1) is 0 Å². The van der Waals surface area contributed by atoms with Crippen molar-refractivity contribution in [3.8, 4) is 6.07 Å². The van der Waals surface area contributed by atoms with Crippen molar-refractivity contribution in [3.05, 3.63) is 63.9 Å². The molecule has 0 saturated heterocycles. The molecule has 0 bridgehead atoms. The van der Waals surface area contributed by atoms with Crippen LogP contribution in [0.15, 0.2) is 46.9 Å². The van der Waals surface area contributed by atoms with Crippen molar-refractivity contribution >= 4 is 21.6 Å². The van der Waals surface area contributed by atoms with Crippen LogP contribution >= 0.6 is 15.9 Å². The van der Waals surface area contributed by atoms with Crippen molar-refractivity contribution in [2.75, 3.05) is 5.32 Å². The van der Waals surface area contributed by atoms with Gasteiger partial charge < -0.3 is 5.32 Å². The Morgan fingerprint density at radius 1 is 1.22 bits per heavy atom. The van der Waals surface area contributed by atoms with E-state index in [-0.39, 0.29) is 5.56 Å². The number of benzene rings is 2. The molecule has 0 saturated carbocycles. The number of nitrogens with one attached hydrogen (secondary N) is 1. The quantitative estimate of drug-likeness (QED) is 0.927. The highest BCUT2D eigenvalue weighted by molar-refractivity contribution is 9.10. The van der Waals surface area contributed by atoms with Gasteiger partial charge in [0.25, 0.3) is 0 Å². The van der Waals surface area contributed by atoms with Crippen molar-refractivity contribution in [2.45, 2.75) is 6.54 Å². The molecule has 0 amide bonds.